The van der Waals surface area contributed by atoms with Crippen molar-refractivity contribution in [3.63, 3.8) is 0 Å². The Labute approximate surface area is 101 Å². The molecule has 0 amide bonds. The van der Waals surface area contributed by atoms with Gasteiger partial charge in [-0.2, -0.15) is 0 Å². The SMILES string of the molecule is Cc1cc(C(=O)c2cc(C)c(Cl)s2)cs1. The van der Waals surface area contributed by atoms with Gasteiger partial charge in [-0.3, -0.25) is 4.79 Å². The Morgan fingerprint density at radius 3 is 2.53 bits per heavy atom. The molecule has 0 bridgehead atoms. The molecule has 0 saturated heterocycles. The first-order valence-corrected chi connectivity index (χ1v) is 6.51. The standard InChI is InChI=1S/C11H9ClOS2/c1-6-3-9(15-11(6)12)10(13)8-4-7(2)14-5-8/h3-5H,1-2H3. The molecule has 2 rings (SSSR count). The molecule has 0 fully saturated rings. The highest BCUT2D eigenvalue weighted by Gasteiger charge is 2.14. The summed E-state index contributed by atoms with van der Waals surface area (Å²) in [5.41, 5.74) is 1.73. The predicted octanol–water partition coefficient (Wildman–Crippen LogP) is 4.31. The fourth-order valence-electron chi connectivity index (χ4n) is 1.28. The molecule has 0 unspecified atom stereocenters. The molecule has 0 atom stereocenters. The summed E-state index contributed by atoms with van der Waals surface area (Å²) in [4.78, 5) is 13.9. The summed E-state index contributed by atoms with van der Waals surface area (Å²) in [6.45, 7) is 3.91. The molecular formula is C11H9ClOS2. The monoisotopic (exact) mass is 256 g/mol. The van der Waals surface area contributed by atoms with Crippen LogP contribution in [0.4, 0.5) is 0 Å². The van der Waals surface area contributed by atoms with Crippen molar-refractivity contribution in [2.75, 3.05) is 0 Å². The van der Waals surface area contributed by atoms with Gasteiger partial charge >= 0.3 is 0 Å². The lowest BCUT2D eigenvalue weighted by Gasteiger charge is -1.91. The minimum atomic E-state index is 0.0688. The number of aryl methyl sites for hydroxylation is 2. The molecule has 0 spiro atoms. The zero-order chi connectivity index (χ0) is 11.0. The molecule has 0 aromatic carbocycles. The van der Waals surface area contributed by atoms with Crippen molar-refractivity contribution >= 4 is 40.1 Å². The molecule has 1 nitrogen and oxygen atoms in total. The highest BCUT2D eigenvalue weighted by molar-refractivity contribution is 7.18. The fourth-order valence-corrected chi connectivity index (χ4v) is 3.12. The summed E-state index contributed by atoms with van der Waals surface area (Å²) < 4.78 is 0.699. The summed E-state index contributed by atoms with van der Waals surface area (Å²) in [6.07, 6.45) is 0. The number of carbonyl (C=O) groups is 1. The normalized spacial score (nSPS) is 10.6. The number of ketones is 1. The Hall–Kier alpha value is -0.640. The van der Waals surface area contributed by atoms with E-state index in [1.165, 1.54) is 11.3 Å². The van der Waals surface area contributed by atoms with Gasteiger partial charge in [0.15, 0.2) is 0 Å². The average Bonchev–Trinajstić information content (AvgIpc) is 2.74. The smallest absolute Gasteiger partial charge is 0.203 e. The van der Waals surface area contributed by atoms with E-state index in [1.54, 1.807) is 11.3 Å². The van der Waals surface area contributed by atoms with Gasteiger partial charge in [0.2, 0.25) is 5.78 Å². The molecule has 0 aliphatic carbocycles. The molecule has 0 N–H and O–H groups in total. The molecule has 2 aromatic heterocycles. The van der Waals surface area contributed by atoms with E-state index in [4.69, 9.17) is 11.6 Å². The minimum Gasteiger partial charge on any atom is -0.288 e. The largest absolute Gasteiger partial charge is 0.288 e. The first kappa shape index (κ1) is 10.9. The van der Waals surface area contributed by atoms with E-state index in [2.05, 4.69) is 0 Å². The average molecular weight is 257 g/mol. The van der Waals surface area contributed by atoms with E-state index in [9.17, 15) is 4.79 Å². The molecular weight excluding hydrogens is 248 g/mol. The molecule has 0 radical (unpaired) electrons. The van der Waals surface area contributed by atoms with Gasteiger partial charge in [0.1, 0.15) is 0 Å². The quantitative estimate of drug-likeness (QED) is 0.732. The van der Waals surface area contributed by atoms with Gasteiger partial charge in [0.25, 0.3) is 0 Å². The van der Waals surface area contributed by atoms with Crippen LogP contribution in [-0.4, -0.2) is 5.78 Å². The Kier molecular flexibility index (Phi) is 2.96. The van der Waals surface area contributed by atoms with Crippen molar-refractivity contribution in [3.8, 4) is 0 Å². The predicted molar refractivity (Wildman–Crippen MR) is 66.6 cm³/mol. The maximum absolute atomic E-state index is 12.0. The highest BCUT2D eigenvalue weighted by Crippen LogP contribution is 2.29. The second-order valence-electron chi connectivity index (χ2n) is 3.34. The Morgan fingerprint density at radius 2 is 2.07 bits per heavy atom. The van der Waals surface area contributed by atoms with Crippen LogP contribution in [0, 0.1) is 13.8 Å². The molecule has 0 saturated carbocycles. The van der Waals surface area contributed by atoms with Crippen LogP contribution in [0.3, 0.4) is 0 Å². The van der Waals surface area contributed by atoms with Gasteiger partial charge in [0, 0.05) is 15.8 Å². The van der Waals surface area contributed by atoms with Crippen molar-refractivity contribution in [1.29, 1.82) is 0 Å². The van der Waals surface area contributed by atoms with Crippen LogP contribution in [0.25, 0.3) is 0 Å². The van der Waals surface area contributed by atoms with E-state index in [0.29, 0.717) is 4.34 Å². The van der Waals surface area contributed by atoms with Gasteiger partial charge in [-0.25, -0.2) is 0 Å². The number of hydrogen-bond donors (Lipinski definition) is 0. The van der Waals surface area contributed by atoms with Crippen LogP contribution in [0.15, 0.2) is 17.5 Å². The van der Waals surface area contributed by atoms with Crippen molar-refractivity contribution in [2.24, 2.45) is 0 Å². The number of rotatable bonds is 2. The van der Waals surface area contributed by atoms with Crippen LogP contribution in [0.1, 0.15) is 25.7 Å². The van der Waals surface area contributed by atoms with Gasteiger partial charge in [-0.05, 0) is 31.5 Å². The minimum absolute atomic E-state index is 0.0688. The third-order valence-electron chi connectivity index (χ3n) is 2.07. The lowest BCUT2D eigenvalue weighted by Crippen LogP contribution is -1.95. The maximum Gasteiger partial charge on any atom is 0.203 e. The van der Waals surface area contributed by atoms with Crippen LogP contribution in [0.2, 0.25) is 4.34 Å². The zero-order valence-electron chi connectivity index (χ0n) is 8.33. The van der Waals surface area contributed by atoms with Crippen molar-refractivity contribution in [3.05, 3.63) is 42.7 Å². The molecule has 2 aromatic rings. The number of thiophene rings is 2. The summed E-state index contributed by atoms with van der Waals surface area (Å²) in [5, 5.41) is 1.89. The molecule has 4 heteroatoms. The highest BCUT2D eigenvalue weighted by atomic mass is 35.5. The van der Waals surface area contributed by atoms with Gasteiger partial charge in [-0.15, -0.1) is 22.7 Å². The number of halogens is 1. The first-order valence-electron chi connectivity index (χ1n) is 4.43. The first-order chi connectivity index (χ1) is 7.08. The van der Waals surface area contributed by atoms with E-state index in [1.807, 2.05) is 31.4 Å². The van der Waals surface area contributed by atoms with E-state index in [-0.39, 0.29) is 5.78 Å². The third-order valence-corrected chi connectivity index (χ3v) is 4.49. The molecule has 15 heavy (non-hydrogen) atoms. The Morgan fingerprint density at radius 1 is 1.33 bits per heavy atom. The van der Waals surface area contributed by atoms with E-state index < -0.39 is 0 Å². The van der Waals surface area contributed by atoms with Crippen LogP contribution < -0.4 is 0 Å². The topological polar surface area (TPSA) is 17.1 Å². The summed E-state index contributed by atoms with van der Waals surface area (Å²) >= 11 is 8.87. The maximum atomic E-state index is 12.0. The molecule has 0 aliphatic heterocycles. The van der Waals surface area contributed by atoms with Gasteiger partial charge in [-0.1, -0.05) is 11.6 Å². The second-order valence-corrected chi connectivity index (χ2v) is 6.11. The Balaban J connectivity index is 2.36. The Bertz CT molecular complexity index is 491. The third kappa shape index (κ3) is 2.14. The molecule has 0 aliphatic rings. The summed E-state index contributed by atoms with van der Waals surface area (Å²) in [6, 6.07) is 3.76. The fraction of sp³-hybridized carbons (Fsp3) is 0.182. The lowest BCUT2D eigenvalue weighted by atomic mass is 10.2. The van der Waals surface area contributed by atoms with Gasteiger partial charge in [0.05, 0.1) is 9.21 Å². The van der Waals surface area contributed by atoms with Crippen molar-refractivity contribution in [1.82, 2.24) is 0 Å². The van der Waals surface area contributed by atoms with Crippen LogP contribution >= 0.6 is 34.3 Å². The summed E-state index contributed by atoms with van der Waals surface area (Å²) in [5.74, 6) is 0.0688. The number of hydrogen-bond acceptors (Lipinski definition) is 3. The zero-order valence-corrected chi connectivity index (χ0v) is 10.7. The second kappa shape index (κ2) is 4.08. The molecule has 78 valence electrons. The number of carbonyl (C=O) groups excluding carboxylic acids is 1. The van der Waals surface area contributed by atoms with Crippen LogP contribution in [-0.2, 0) is 0 Å². The molecule has 2 heterocycles. The lowest BCUT2D eigenvalue weighted by molar-refractivity contribution is 0.104. The van der Waals surface area contributed by atoms with Crippen molar-refractivity contribution in [2.45, 2.75) is 13.8 Å². The van der Waals surface area contributed by atoms with Gasteiger partial charge < -0.3 is 0 Å². The summed E-state index contributed by atoms with van der Waals surface area (Å²) in [7, 11) is 0. The van der Waals surface area contributed by atoms with E-state index in [0.717, 1.165) is 20.9 Å². The van der Waals surface area contributed by atoms with Crippen LogP contribution in [0.5, 0.6) is 0 Å². The van der Waals surface area contributed by atoms with Crippen molar-refractivity contribution < 1.29 is 4.79 Å². The van der Waals surface area contributed by atoms with E-state index >= 15 is 0 Å².